The molecule has 3 aromatic rings. The second-order valence-corrected chi connectivity index (χ2v) is 7.70. The van der Waals surface area contributed by atoms with Crippen LogP contribution in [0.3, 0.4) is 0 Å². The fourth-order valence-corrected chi connectivity index (χ4v) is 3.75. The van der Waals surface area contributed by atoms with Gasteiger partial charge in [-0.1, -0.05) is 18.2 Å². The first kappa shape index (κ1) is 20.2. The topological polar surface area (TPSA) is 115 Å². The first-order chi connectivity index (χ1) is 14.5. The van der Waals surface area contributed by atoms with Gasteiger partial charge in [-0.15, -0.1) is 5.06 Å². The molecule has 1 amide bonds. The van der Waals surface area contributed by atoms with Crippen molar-refractivity contribution in [3.63, 3.8) is 0 Å². The smallest absolute Gasteiger partial charge is 0.357 e. The van der Waals surface area contributed by atoms with E-state index in [1.165, 1.54) is 15.8 Å². The maximum absolute atomic E-state index is 13.7. The maximum Gasteiger partial charge on any atom is 0.357 e. The Morgan fingerprint density at radius 2 is 2.07 bits per heavy atom. The van der Waals surface area contributed by atoms with Crippen molar-refractivity contribution in [3.05, 3.63) is 58.5 Å². The first-order valence-corrected chi connectivity index (χ1v) is 9.94. The molecule has 0 saturated carbocycles. The zero-order chi connectivity index (χ0) is 21.3. The Labute approximate surface area is 179 Å². The molecule has 1 aromatic carbocycles. The molecule has 2 atom stereocenters. The van der Waals surface area contributed by atoms with E-state index in [1.54, 1.807) is 36.5 Å². The predicted octanol–water partition coefficient (Wildman–Crippen LogP) is 2.04. The third-order valence-corrected chi connectivity index (χ3v) is 5.27. The highest BCUT2D eigenvalue weighted by Crippen LogP contribution is 2.28. The number of nitrogens with one attached hydrogen (secondary N) is 1. The molecule has 0 bridgehead atoms. The van der Waals surface area contributed by atoms with Crippen LogP contribution in [-0.2, 0) is 4.84 Å². The summed E-state index contributed by atoms with van der Waals surface area (Å²) in [6.07, 6.45) is 2.96. The van der Waals surface area contributed by atoms with E-state index in [0.717, 1.165) is 0 Å². The fourth-order valence-electron chi connectivity index (χ4n) is 3.39. The molecule has 1 fully saturated rings. The molecule has 0 unspecified atom stereocenters. The third-order valence-electron chi connectivity index (χ3n) is 4.89. The summed E-state index contributed by atoms with van der Waals surface area (Å²) in [5.41, 5.74) is 6.75. The Kier molecular flexibility index (Phi) is 5.64. The van der Waals surface area contributed by atoms with Crippen LogP contribution in [0.1, 0.15) is 20.7 Å². The van der Waals surface area contributed by atoms with Crippen LogP contribution in [0.5, 0.6) is 0 Å². The molecule has 156 valence electrons. The van der Waals surface area contributed by atoms with Gasteiger partial charge in [-0.2, -0.15) is 5.10 Å². The van der Waals surface area contributed by atoms with E-state index < -0.39 is 30.5 Å². The van der Waals surface area contributed by atoms with Gasteiger partial charge in [-0.3, -0.25) is 9.18 Å². The second kappa shape index (κ2) is 8.36. The Morgan fingerprint density at radius 1 is 1.30 bits per heavy atom. The quantitative estimate of drug-likeness (QED) is 0.559. The molecule has 0 radical (unpaired) electrons. The number of anilines is 1. The summed E-state index contributed by atoms with van der Waals surface area (Å²) in [5, 5.41) is 8.71. The first-order valence-electron chi connectivity index (χ1n) is 9.14. The van der Waals surface area contributed by atoms with Crippen molar-refractivity contribution < 1.29 is 18.8 Å². The van der Waals surface area contributed by atoms with Gasteiger partial charge in [0.2, 0.25) is 0 Å². The van der Waals surface area contributed by atoms with Crippen molar-refractivity contribution in [1.82, 2.24) is 19.7 Å². The van der Waals surface area contributed by atoms with Crippen molar-refractivity contribution in [2.75, 3.05) is 25.1 Å². The van der Waals surface area contributed by atoms with Crippen molar-refractivity contribution in [1.29, 1.82) is 0 Å². The summed E-state index contributed by atoms with van der Waals surface area (Å²) < 4.78 is 15.7. The van der Waals surface area contributed by atoms with Crippen molar-refractivity contribution in [2.24, 2.45) is 11.7 Å². The van der Waals surface area contributed by atoms with Gasteiger partial charge in [0, 0.05) is 18.5 Å². The normalized spacial score (nSPS) is 19.1. The number of alkyl halides is 1. The van der Waals surface area contributed by atoms with Crippen LogP contribution in [-0.4, -0.2) is 57.3 Å². The Hall–Kier alpha value is -3.05. The van der Waals surface area contributed by atoms with E-state index in [9.17, 15) is 14.0 Å². The molecule has 4 rings (SSSR count). The Balaban J connectivity index is 1.56. The van der Waals surface area contributed by atoms with Crippen LogP contribution in [0.4, 0.5) is 10.1 Å². The highest BCUT2D eigenvalue weighted by molar-refractivity contribution is 9.10. The summed E-state index contributed by atoms with van der Waals surface area (Å²) in [5.74, 6) is -1.68. The maximum atomic E-state index is 13.7. The molecule has 2 aromatic heterocycles. The number of carbonyl (C=O) groups is 2. The number of hydrogen-bond acceptors (Lipinski definition) is 7. The number of rotatable bonds is 6. The Bertz CT molecular complexity index is 1090. The minimum atomic E-state index is -0.686. The summed E-state index contributed by atoms with van der Waals surface area (Å²) in [6, 6.07) is 8.10. The summed E-state index contributed by atoms with van der Waals surface area (Å²) in [6.45, 7) is -0.206. The van der Waals surface area contributed by atoms with Gasteiger partial charge in [0.1, 0.15) is 4.60 Å². The standard InChI is InChI=1S/C19H18BrFN6O3/c20-15-10-27-18(25-15)16(13(7-23-27)17(22)28)24-14-9-26(8-12(14)6-21)30-19(29)11-4-2-1-3-5-11/h1-5,7,10,12,14,24H,6,8-9H2,(H2,22,28)/t12-,14+/m0/s1. The lowest BCUT2D eigenvalue weighted by Crippen LogP contribution is -2.32. The third kappa shape index (κ3) is 3.98. The summed E-state index contributed by atoms with van der Waals surface area (Å²) in [7, 11) is 0. The van der Waals surface area contributed by atoms with Gasteiger partial charge in [-0.05, 0) is 28.1 Å². The lowest BCUT2D eigenvalue weighted by molar-refractivity contribution is -0.0958. The molecule has 1 aliphatic rings. The second-order valence-electron chi connectivity index (χ2n) is 6.89. The number of aromatic nitrogens is 3. The number of carbonyl (C=O) groups excluding carboxylic acids is 2. The number of benzene rings is 1. The molecular formula is C19H18BrFN6O3. The minimum Gasteiger partial charge on any atom is -0.377 e. The van der Waals surface area contributed by atoms with Crippen molar-refractivity contribution in [2.45, 2.75) is 6.04 Å². The van der Waals surface area contributed by atoms with Gasteiger partial charge in [0.15, 0.2) is 5.65 Å². The van der Waals surface area contributed by atoms with Crippen LogP contribution in [0.15, 0.2) is 47.3 Å². The van der Waals surface area contributed by atoms with E-state index >= 15 is 0 Å². The molecule has 11 heteroatoms. The van der Waals surface area contributed by atoms with Crippen LogP contribution in [0.2, 0.25) is 0 Å². The van der Waals surface area contributed by atoms with Crippen LogP contribution in [0.25, 0.3) is 5.65 Å². The van der Waals surface area contributed by atoms with Gasteiger partial charge < -0.3 is 15.9 Å². The van der Waals surface area contributed by atoms with E-state index in [0.29, 0.717) is 21.5 Å². The lowest BCUT2D eigenvalue weighted by atomic mass is 10.0. The number of imidazole rings is 1. The number of hydroxylamine groups is 2. The highest BCUT2D eigenvalue weighted by atomic mass is 79.9. The average Bonchev–Trinajstić information content (AvgIpc) is 3.30. The fraction of sp³-hybridized carbons (Fsp3) is 0.263. The molecule has 0 aliphatic carbocycles. The number of fused-ring (bicyclic) bond motifs is 1. The SMILES string of the molecule is NC(=O)c1cnn2cc(Br)nc2c1N[C@@H]1CN(OC(=O)c2ccccc2)C[C@@H]1CF. The number of nitrogens with zero attached hydrogens (tertiary/aromatic N) is 4. The molecule has 1 saturated heterocycles. The molecule has 1 aliphatic heterocycles. The lowest BCUT2D eigenvalue weighted by Gasteiger charge is -2.20. The van der Waals surface area contributed by atoms with Crippen LogP contribution < -0.4 is 11.1 Å². The number of halogens is 2. The number of nitrogens with two attached hydrogens (primary N) is 1. The molecular weight excluding hydrogens is 459 g/mol. The van der Waals surface area contributed by atoms with Crippen molar-refractivity contribution in [3.8, 4) is 0 Å². The molecule has 30 heavy (non-hydrogen) atoms. The van der Waals surface area contributed by atoms with Crippen LogP contribution >= 0.6 is 15.9 Å². The van der Waals surface area contributed by atoms with Gasteiger partial charge >= 0.3 is 5.97 Å². The van der Waals surface area contributed by atoms with Gasteiger partial charge in [0.25, 0.3) is 5.91 Å². The van der Waals surface area contributed by atoms with E-state index in [4.69, 9.17) is 10.6 Å². The zero-order valence-corrected chi connectivity index (χ0v) is 17.3. The Morgan fingerprint density at radius 3 is 2.77 bits per heavy atom. The number of primary amides is 1. The van der Waals surface area contributed by atoms with E-state index in [1.807, 2.05) is 0 Å². The molecule has 0 spiro atoms. The molecule has 3 N–H and O–H groups in total. The van der Waals surface area contributed by atoms with Gasteiger partial charge in [-0.25, -0.2) is 14.3 Å². The number of hydrogen-bond donors (Lipinski definition) is 2. The average molecular weight is 477 g/mol. The van der Waals surface area contributed by atoms with Crippen molar-refractivity contribution >= 4 is 39.1 Å². The van der Waals surface area contributed by atoms with E-state index in [-0.39, 0.29) is 18.7 Å². The van der Waals surface area contributed by atoms with E-state index in [2.05, 4.69) is 31.3 Å². The zero-order valence-electron chi connectivity index (χ0n) is 15.7. The number of amides is 1. The monoisotopic (exact) mass is 476 g/mol. The van der Waals surface area contributed by atoms with Gasteiger partial charge in [0.05, 0.1) is 42.4 Å². The molecule has 9 nitrogen and oxygen atoms in total. The highest BCUT2D eigenvalue weighted by Gasteiger charge is 2.36. The molecule has 3 heterocycles. The predicted molar refractivity (Wildman–Crippen MR) is 110 cm³/mol. The minimum absolute atomic E-state index is 0.137. The van der Waals surface area contributed by atoms with Crippen LogP contribution in [0, 0.1) is 5.92 Å². The summed E-state index contributed by atoms with van der Waals surface area (Å²) in [4.78, 5) is 34.0. The summed E-state index contributed by atoms with van der Waals surface area (Å²) >= 11 is 3.28. The largest absolute Gasteiger partial charge is 0.377 e.